The lowest BCUT2D eigenvalue weighted by atomic mass is 10.0. The summed E-state index contributed by atoms with van der Waals surface area (Å²) in [5.41, 5.74) is 1.86. The monoisotopic (exact) mass is 294 g/mol. The molecule has 0 aromatic heterocycles. The standard InChI is InChI=1S/C17H27FN2O/c1-13(2)19-10-14-5-6-16(18)15(9-14)11-20-7-8-21-12-17(20,3)4/h5-6,9,13,19H,7-8,10-12H2,1-4H3. The maximum Gasteiger partial charge on any atom is 0.127 e. The maximum absolute atomic E-state index is 14.1. The Morgan fingerprint density at radius 2 is 2.14 bits per heavy atom. The number of nitrogens with one attached hydrogen (secondary N) is 1. The van der Waals surface area contributed by atoms with Crippen LogP contribution in [0.4, 0.5) is 4.39 Å². The first-order chi connectivity index (χ1) is 9.88. The van der Waals surface area contributed by atoms with Gasteiger partial charge in [0.25, 0.3) is 0 Å². The molecule has 0 spiro atoms. The van der Waals surface area contributed by atoms with Gasteiger partial charge in [-0.15, -0.1) is 0 Å². The Hall–Kier alpha value is -0.970. The van der Waals surface area contributed by atoms with Crippen LogP contribution in [0.15, 0.2) is 18.2 Å². The summed E-state index contributed by atoms with van der Waals surface area (Å²) in [4.78, 5) is 2.30. The summed E-state index contributed by atoms with van der Waals surface area (Å²) in [6, 6.07) is 5.85. The zero-order valence-electron chi connectivity index (χ0n) is 13.6. The number of hydrogen-bond donors (Lipinski definition) is 1. The fraction of sp³-hybridized carbons (Fsp3) is 0.647. The highest BCUT2D eigenvalue weighted by Gasteiger charge is 2.30. The highest BCUT2D eigenvalue weighted by atomic mass is 19.1. The second kappa shape index (κ2) is 6.86. The molecule has 0 bridgehead atoms. The minimum atomic E-state index is -0.120. The fourth-order valence-corrected chi connectivity index (χ4v) is 2.57. The molecule has 0 amide bonds. The first-order valence-electron chi connectivity index (χ1n) is 7.72. The lowest BCUT2D eigenvalue weighted by molar-refractivity contribution is -0.0556. The molecule has 1 aliphatic heterocycles. The number of morpholine rings is 1. The molecule has 1 aromatic rings. The molecule has 4 heteroatoms. The number of rotatable bonds is 5. The molecule has 1 aliphatic rings. The van der Waals surface area contributed by atoms with Crippen LogP contribution in [0.5, 0.6) is 0 Å². The van der Waals surface area contributed by atoms with Crippen molar-refractivity contribution in [2.24, 2.45) is 0 Å². The van der Waals surface area contributed by atoms with Crippen molar-refractivity contribution in [1.82, 2.24) is 10.2 Å². The molecule has 1 aromatic carbocycles. The quantitative estimate of drug-likeness (QED) is 0.903. The van der Waals surface area contributed by atoms with Crippen LogP contribution < -0.4 is 5.32 Å². The Morgan fingerprint density at radius 1 is 1.38 bits per heavy atom. The molecule has 0 unspecified atom stereocenters. The summed E-state index contributed by atoms with van der Waals surface area (Å²) in [5.74, 6) is -0.120. The second-order valence-corrected chi connectivity index (χ2v) is 6.75. The molecule has 1 saturated heterocycles. The van der Waals surface area contributed by atoms with E-state index in [1.165, 1.54) is 0 Å². The average Bonchev–Trinajstić information content (AvgIpc) is 2.41. The zero-order valence-corrected chi connectivity index (χ0v) is 13.6. The predicted octanol–water partition coefficient (Wildman–Crippen LogP) is 2.93. The highest BCUT2D eigenvalue weighted by Crippen LogP contribution is 2.23. The summed E-state index contributed by atoms with van der Waals surface area (Å²) in [6.07, 6.45) is 0. The van der Waals surface area contributed by atoms with E-state index in [0.29, 0.717) is 19.2 Å². The summed E-state index contributed by atoms with van der Waals surface area (Å²) < 4.78 is 19.6. The van der Waals surface area contributed by atoms with E-state index < -0.39 is 0 Å². The van der Waals surface area contributed by atoms with Gasteiger partial charge in [-0.1, -0.05) is 26.0 Å². The first kappa shape index (κ1) is 16.4. The molecule has 3 nitrogen and oxygen atoms in total. The normalized spacial score (nSPS) is 19.1. The SMILES string of the molecule is CC(C)NCc1ccc(F)c(CN2CCOCC2(C)C)c1. The minimum Gasteiger partial charge on any atom is -0.378 e. The molecule has 21 heavy (non-hydrogen) atoms. The van der Waals surface area contributed by atoms with Crippen molar-refractivity contribution >= 4 is 0 Å². The van der Waals surface area contributed by atoms with Gasteiger partial charge in [0.2, 0.25) is 0 Å². The molecule has 0 atom stereocenters. The largest absolute Gasteiger partial charge is 0.378 e. The minimum absolute atomic E-state index is 0.0448. The number of hydrogen-bond acceptors (Lipinski definition) is 3. The summed E-state index contributed by atoms with van der Waals surface area (Å²) in [6.45, 7) is 12.2. The molecule has 0 aliphatic carbocycles. The number of halogens is 1. The summed E-state index contributed by atoms with van der Waals surface area (Å²) in [7, 11) is 0. The van der Waals surface area contributed by atoms with Crippen molar-refractivity contribution < 1.29 is 9.13 Å². The molecular formula is C17H27FN2O. The molecule has 0 saturated carbocycles. The van der Waals surface area contributed by atoms with E-state index in [-0.39, 0.29) is 11.4 Å². The first-order valence-corrected chi connectivity index (χ1v) is 7.72. The average molecular weight is 294 g/mol. The molecule has 2 rings (SSSR count). The maximum atomic E-state index is 14.1. The smallest absolute Gasteiger partial charge is 0.127 e. The number of ether oxygens (including phenoxy) is 1. The van der Waals surface area contributed by atoms with Gasteiger partial charge in [0.05, 0.1) is 13.2 Å². The third-order valence-electron chi connectivity index (χ3n) is 4.00. The van der Waals surface area contributed by atoms with E-state index in [1.54, 1.807) is 6.07 Å². The van der Waals surface area contributed by atoms with Crippen LogP contribution >= 0.6 is 0 Å². The van der Waals surface area contributed by atoms with Crippen molar-refractivity contribution in [3.05, 3.63) is 35.1 Å². The molecule has 0 radical (unpaired) electrons. The van der Waals surface area contributed by atoms with Crippen LogP contribution in [0.1, 0.15) is 38.8 Å². The molecule has 1 heterocycles. The van der Waals surface area contributed by atoms with Gasteiger partial charge in [-0.05, 0) is 25.5 Å². The Labute approximate surface area is 127 Å². The number of benzene rings is 1. The topological polar surface area (TPSA) is 24.5 Å². The fourth-order valence-electron chi connectivity index (χ4n) is 2.57. The Morgan fingerprint density at radius 3 is 2.81 bits per heavy atom. The van der Waals surface area contributed by atoms with Gasteiger partial charge in [-0.3, -0.25) is 4.90 Å². The third-order valence-corrected chi connectivity index (χ3v) is 4.00. The van der Waals surface area contributed by atoms with Crippen LogP contribution in [0.25, 0.3) is 0 Å². The molecule has 118 valence electrons. The zero-order chi connectivity index (χ0) is 15.5. The third kappa shape index (κ3) is 4.50. The van der Waals surface area contributed by atoms with E-state index in [2.05, 4.69) is 37.9 Å². The van der Waals surface area contributed by atoms with E-state index in [9.17, 15) is 4.39 Å². The van der Waals surface area contributed by atoms with Gasteiger partial charge < -0.3 is 10.1 Å². The molecule has 1 N–H and O–H groups in total. The van der Waals surface area contributed by atoms with E-state index >= 15 is 0 Å². The van der Waals surface area contributed by atoms with Gasteiger partial charge in [0, 0.05) is 36.8 Å². The Kier molecular flexibility index (Phi) is 5.36. The molecular weight excluding hydrogens is 267 g/mol. The van der Waals surface area contributed by atoms with E-state index in [4.69, 9.17) is 4.74 Å². The summed E-state index contributed by atoms with van der Waals surface area (Å²) in [5, 5.41) is 3.37. The van der Waals surface area contributed by atoms with E-state index in [1.807, 2.05) is 12.1 Å². The van der Waals surface area contributed by atoms with Crippen molar-refractivity contribution in [3.8, 4) is 0 Å². The van der Waals surface area contributed by atoms with Crippen LogP contribution in [0, 0.1) is 5.82 Å². The van der Waals surface area contributed by atoms with Crippen LogP contribution in [-0.2, 0) is 17.8 Å². The van der Waals surface area contributed by atoms with Gasteiger partial charge in [-0.2, -0.15) is 0 Å². The molecule has 1 fully saturated rings. The predicted molar refractivity (Wildman–Crippen MR) is 83.7 cm³/mol. The van der Waals surface area contributed by atoms with Crippen molar-refractivity contribution in [2.75, 3.05) is 19.8 Å². The lowest BCUT2D eigenvalue weighted by Crippen LogP contribution is -2.52. The van der Waals surface area contributed by atoms with Crippen LogP contribution in [0.2, 0.25) is 0 Å². The van der Waals surface area contributed by atoms with Gasteiger partial charge in [0.1, 0.15) is 5.82 Å². The number of nitrogens with zero attached hydrogens (tertiary/aromatic N) is 1. The van der Waals surface area contributed by atoms with Gasteiger partial charge in [-0.25, -0.2) is 4.39 Å². The highest BCUT2D eigenvalue weighted by molar-refractivity contribution is 5.25. The second-order valence-electron chi connectivity index (χ2n) is 6.75. The van der Waals surface area contributed by atoms with Crippen molar-refractivity contribution in [3.63, 3.8) is 0 Å². The Balaban J connectivity index is 2.09. The van der Waals surface area contributed by atoms with Crippen LogP contribution in [-0.4, -0.2) is 36.2 Å². The van der Waals surface area contributed by atoms with Crippen molar-refractivity contribution in [2.45, 2.75) is 52.4 Å². The Bertz CT molecular complexity index is 474. The lowest BCUT2D eigenvalue weighted by Gasteiger charge is -2.42. The van der Waals surface area contributed by atoms with E-state index in [0.717, 1.165) is 30.8 Å². The van der Waals surface area contributed by atoms with Gasteiger partial charge >= 0.3 is 0 Å². The van der Waals surface area contributed by atoms with Gasteiger partial charge in [0.15, 0.2) is 0 Å². The summed E-state index contributed by atoms with van der Waals surface area (Å²) >= 11 is 0. The van der Waals surface area contributed by atoms with Crippen molar-refractivity contribution in [1.29, 1.82) is 0 Å². The van der Waals surface area contributed by atoms with Crippen LogP contribution in [0.3, 0.4) is 0 Å².